The number of nitrogens with one attached hydrogen (secondary N) is 1. The van der Waals surface area contributed by atoms with Crippen LogP contribution in [0.15, 0.2) is 42.6 Å². The fourth-order valence-corrected chi connectivity index (χ4v) is 1.81. The molecule has 0 atom stereocenters. The van der Waals surface area contributed by atoms with E-state index in [9.17, 15) is 4.79 Å². The van der Waals surface area contributed by atoms with Crippen LogP contribution in [0.2, 0.25) is 0 Å². The van der Waals surface area contributed by atoms with Gasteiger partial charge >= 0.3 is 5.97 Å². The summed E-state index contributed by atoms with van der Waals surface area (Å²) in [4.78, 5) is 15.5. The average Bonchev–Trinajstić information content (AvgIpc) is 2.54. The first-order chi connectivity index (χ1) is 10.2. The second-order valence-corrected chi connectivity index (χ2v) is 4.49. The number of aromatic nitrogens is 1. The van der Waals surface area contributed by atoms with Crippen molar-refractivity contribution in [2.45, 2.75) is 13.2 Å². The van der Waals surface area contributed by atoms with E-state index in [2.05, 4.69) is 15.0 Å². The Balaban J connectivity index is 1.91. The summed E-state index contributed by atoms with van der Waals surface area (Å²) in [5, 5.41) is 3.09. The molecule has 0 aliphatic carbocycles. The Labute approximate surface area is 123 Å². The number of hydrogen-bond acceptors (Lipinski definition) is 5. The van der Waals surface area contributed by atoms with E-state index in [-0.39, 0.29) is 0 Å². The van der Waals surface area contributed by atoms with Crippen LogP contribution >= 0.6 is 0 Å². The first-order valence-corrected chi connectivity index (χ1v) is 6.62. The molecule has 5 heteroatoms. The monoisotopic (exact) mass is 286 g/mol. The van der Waals surface area contributed by atoms with Gasteiger partial charge in [-0.25, -0.2) is 4.79 Å². The van der Waals surface area contributed by atoms with Crippen LogP contribution in [0.1, 0.15) is 21.6 Å². The maximum absolute atomic E-state index is 11.3. The van der Waals surface area contributed by atoms with Gasteiger partial charge in [-0.05, 0) is 36.9 Å². The molecule has 0 aliphatic heterocycles. The van der Waals surface area contributed by atoms with Gasteiger partial charge in [0.25, 0.3) is 0 Å². The van der Waals surface area contributed by atoms with Gasteiger partial charge in [-0.3, -0.25) is 4.98 Å². The lowest BCUT2D eigenvalue weighted by atomic mass is 10.2. The third kappa shape index (κ3) is 4.29. The Bertz CT molecular complexity index is 579. The van der Waals surface area contributed by atoms with Crippen LogP contribution in [0.5, 0.6) is 5.75 Å². The standard InChI is InChI=1S/C16H18N2O3/c1-17-9-12-3-7-15(8-4-12)21-11-14-6-5-13(10-18-14)16(19)20-2/h3-8,10,17H,9,11H2,1-2H3. The highest BCUT2D eigenvalue weighted by molar-refractivity contribution is 5.88. The zero-order valence-electron chi connectivity index (χ0n) is 12.1. The van der Waals surface area contributed by atoms with Crippen LogP contribution in [0, 0.1) is 0 Å². The lowest BCUT2D eigenvalue weighted by Crippen LogP contribution is -2.05. The second kappa shape index (κ2) is 7.40. The Hall–Kier alpha value is -2.40. The molecule has 0 unspecified atom stereocenters. The topological polar surface area (TPSA) is 60.5 Å². The molecule has 0 saturated carbocycles. The molecule has 0 aliphatic rings. The first kappa shape index (κ1) is 15.0. The minimum absolute atomic E-state index is 0.354. The molecule has 0 fully saturated rings. The van der Waals surface area contributed by atoms with Crippen LogP contribution in [-0.4, -0.2) is 25.1 Å². The van der Waals surface area contributed by atoms with Crippen LogP contribution in [-0.2, 0) is 17.9 Å². The highest BCUT2D eigenvalue weighted by atomic mass is 16.5. The zero-order chi connectivity index (χ0) is 15.1. The maximum Gasteiger partial charge on any atom is 0.339 e. The van der Waals surface area contributed by atoms with Crippen molar-refractivity contribution in [1.29, 1.82) is 0 Å². The summed E-state index contributed by atoms with van der Waals surface area (Å²) in [6.07, 6.45) is 1.49. The van der Waals surface area contributed by atoms with E-state index in [4.69, 9.17) is 4.74 Å². The number of methoxy groups -OCH3 is 1. The molecule has 5 nitrogen and oxygen atoms in total. The van der Waals surface area contributed by atoms with Gasteiger partial charge in [-0.15, -0.1) is 0 Å². The summed E-state index contributed by atoms with van der Waals surface area (Å²) in [7, 11) is 3.26. The van der Waals surface area contributed by atoms with Crippen LogP contribution in [0.25, 0.3) is 0 Å². The van der Waals surface area contributed by atoms with Gasteiger partial charge in [0.1, 0.15) is 12.4 Å². The quantitative estimate of drug-likeness (QED) is 0.825. The molecule has 1 N–H and O–H groups in total. The molecule has 0 amide bonds. The summed E-state index contributed by atoms with van der Waals surface area (Å²) in [6.45, 7) is 1.18. The normalized spacial score (nSPS) is 10.2. The highest BCUT2D eigenvalue weighted by Crippen LogP contribution is 2.14. The molecule has 21 heavy (non-hydrogen) atoms. The molecular formula is C16H18N2O3. The lowest BCUT2D eigenvalue weighted by Gasteiger charge is -2.07. The number of rotatable bonds is 6. The van der Waals surface area contributed by atoms with Crippen molar-refractivity contribution in [1.82, 2.24) is 10.3 Å². The van der Waals surface area contributed by atoms with Gasteiger partial charge in [0.05, 0.1) is 18.4 Å². The number of carbonyl (C=O) groups excluding carboxylic acids is 1. The van der Waals surface area contributed by atoms with Gasteiger partial charge in [0.15, 0.2) is 0 Å². The van der Waals surface area contributed by atoms with Gasteiger partial charge in [0, 0.05) is 12.7 Å². The van der Waals surface area contributed by atoms with Crippen molar-refractivity contribution in [2.24, 2.45) is 0 Å². The minimum Gasteiger partial charge on any atom is -0.487 e. The number of ether oxygens (including phenoxy) is 2. The summed E-state index contributed by atoms with van der Waals surface area (Å²) in [5.41, 5.74) is 2.38. The van der Waals surface area contributed by atoms with Crippen molar-refractivity contribution < 1.29 is 14.3 Å². The predicted octanol–water partition coefficient (Wildman–Crippen LogP) is 2.17. The molecule has 1 aromatic carbocycles. The van der Waals surface area contributed by atoms with E-state index in [1.165, 1.54) is 18.9 Å². The van der Waals surface area contributed by atoms with E-state index in [1.54, 1.807) is 12.1 Å². The minimum atomic E-state index is -0.393. The molecule has 1 heterocycles. The summed E-state index contributed by atoms with van der Waals surface area (Å²) in [5.74, 6) is 0.392. The third-order valence-corrected chi connectivity index (χ3v) is 2.94. The lowest BCUT2D eigenvalue weighted by molar-refractivity contribution is 0.0600. The largest absolute Gasteiger partial charge is 0.487 e. The van der Waals surface area contributed by atoms with E-state index in [1.807, 2.05) is 31.3 Å². The van der Waals surface area contributed by atoms with Crippen LogP contribution < -0.4 is 10.1 Å². The first-order valence-electron chi connectivity index (χ1n) is 6.62. The van der Waals surface area contributed by atoms with Crippen molar-refractivity contribution in [3.8, 4) is 5.75 Å². The molecule has 1 aromatic heterocycles. The van der Waals surface area contributed by atoms with Crippen molar-refractivity contribution in [3.63, 3.8) is 0 Å². The molecule has 0 radical (unpaired) electrons. The average molecular weight is 286 g/mol. The fraction of sp³-hybridized carbons (Fsp3) is 0.250. The number of esters is 1. The van der Waals surface area contributed by atoms with E-state index in [0.29, 0.717) is 12.2 Å². The molecule has 110 valence electrons. The summed E-state index contributed by atoms with van der Waals surface area (Å²) >= 11 is 0. The maximum atomic E-state index is 11.3. The number of nitrogens with zero attached hydrogens (tertiary/aromatic N) is 1. The van der Waals surface area contributed by atoms with E-state index < -0.39 is 5.97 Å². The van der Waals surface area contributed by atoms with Crippen LogP contribution in [0.4, 0.5) is 0 Å². The van der Waals surface area contributed by atoms with Crippen molar-refractivity contribution in [3.05, 3.63) is 59.4 Å². The SMILES string of the molecule is CNCc1ccc(OCc2ccc(C(=O)OC)cn2)cc1. The van der Waals surface area contributed by atoms with E-state index >= 15 is 0 Å². The molecule has 2 rings (SSSR count). The Morgan fingerprint density at radius 1 is 1.19 bits per heavy atom. The smallest absolute Gasteiger partial charge is 0.339 e. The van der Waals surface area contributed by atoms with Gasteiger partial charge < -0.3 is 14.8 Å². The summed E-state index contributed by atoms with van der Waals surface area (Å²) < 4.78 is 10.3. The fourth-order valence-electron chi connectivity index (χ4n) is 1.81. The van der Waals surface area contributed by atoms with Gasteiger partial charge in [0.2, 0.25) is 0 Å². The van der Waals surface area contributed by atoms with Crippen LogP contribution in [0.3, 0.4) is 0 Å². The Morgan fingerprint density at radius 2 is 1.95 bits per heavy atom. The molecule has 0 saturated heterocycles. The molecule has 0 bridgehead atoms. The number of pyridine rings is 1. The summed E-state index contributed by atoms with van der Waals surface area (Å²) in [6, 6.07) is 11.3. The highest BCUT2D eigenvalue weighted by Gasteiger charge is 2.05. The third-order valence-electron chi connectivity index (χ3n) is 2.94. The Kier molecular flexibility index (Phi) is 5.29. The number of benzene rings is 1. The van der Waals surface area contributed by atoms with Gasteiger partial charge in [-0.1, -0.05) is 12.1 Å². The van der Waals surface area contributed by atoms with Gasteiger partial charge in [-0.2, -0.15) is 0 Å². The van der Waals surface area contributed by atoms with Crippen molar-refractivity contribution >= 4 is 5.97 Å². The molecule has 2 aromatic rings. The zero-order valence-corrected chi connectivity index (χ0v) is 12.1. The predicted molar refractivity (Wildman–Crippen MR) is 79.1 cm³/mol. The second-order valence-electron chi connectivity index (χ2n) is 4.49. The number of hydrogen-bond donors (Lipinski definition) is 1. The van der Waals surface area contributed by atoms with Crippen molar-refractivity contribution in [2.75, 3.05) is 14.2 Å². The molecular weight excluding hydrogens is 268 g/mol. The molecule has 0 spiro atoms. The Morgan fingerprint density at radius 3 is 2.52 bits per heavy atom. The number of carbonyl (C=O) groups is 1. The van der Waals surface area contributed by atoms with E-state index in [0.717, 1.165) is 18.0 Å².